The van der Waals surface area contributed by atoms with Gasteiger partial charge in [-0.25, -0.2) is 0 Å². The van der Waals surface area contributed by atoms with Crippen LogP contribution in [-0.4, -0.2) is 60.1 Å². The monoisotopic (exact) mass is 547 g/mol. The quantitative estimate of drug-likeness (QED) is 0.203. The molecule has 10 heteroatoms. The second-order valence-corrected chi connectivity index (χ2v) is 11.9. The number of carbonyl (C=O) groups excluding carboxylic acids is 1. The fourth-order valence-corrected chi connectivity index (χ4v) is 6.70. The van der Waals surface area contributed by atoms with Crippen molar-refractivity contribution in [3.05, 3.63) is 48.0 Å². The molecule has 1 amide bonds. The number of oxime groups is 1. The minimum Gasteiger partial charge on any atom is -0.493 e. The largest absolute Gasteiger partial charge is 0.493 e. The van der Waals surface area contributed by atoms with E-state index in [1.807, 2.05) is 28.8 Å². The molecule has 2 heterocycles. The lowest BCUT2D eigenvalue weighted by Gasteiger charge is -2.40. The van der Waals surface area contributed by atoms with E-state index in [9.17, 15) is 9.90 Å². The van der Waals surface area contributed by atoms with Crippen LogP contribution in [0.5, 0.6) is 17.4 Å². The molecule has 1 aliphatic heterocycles. The van der Waals surface area contributed by atoms with Gasteiger partial charge in [-0.1, -0.05) is 44.1 Å². The van der Waals surface area contributed by atoms with Crippen LogP contribution in [0, 0.1) is 10.8 Å². The third kappa shape index (κ3) is 5.67. The average molecular weight is 548 g/mol. The van der Waals surface area contributed by atoms with Gasteiger partial charge in [0.2, 0.25) is 5.88 Å². The Kier molecular flexibility index (Phi) is 7.55. The number of carbonyl (C=O) groups is 1. The van der Waals surface area contributed by atoms with Gasteiger partial charge in [0.25, 0.3) is 0 Å². The lowest BCUT2D eigenvalue weighted by atomic mass is 9.65. The molecule has 2 aromatic carbocycles. The van der Waals surface area contributed by atoms with E-state index in [4.69, 9.17) is 14.3 Å². The summed E-state index contributed by atoms with van der Waals surface area (Å²) in [5.74, 6) is 0.531. The van der Waals surface area contributed by atoms with Crippen molar-refractivity contribution in [2.75, 3.05) is 27.4 Å². The number of ether oxygens (including phenoxy) is 2. The molecule has 1 aromatic heterocycles. The number of amides is 1. The molecule has 2 atom stereocenters. The van der Waals surface area contributed by atoms with Crippen LogP contribution < -0.4 is 9.47 Å². The molecule has 0 radical (unpaired) electrons. The SMILES string of the molecule is COc1ccc(/C=N\OCC(=O)N=Nc2c(O)n(CN3C[C@]4(C)C[C@H]3CC(C)(C)C4)c3ccccc23)cc1OC. The molecule has 5 rings (SSSR count). The molecular weight excluding hydrogens is 510 g/mol. The maximum atomic E-state index is 12.4. The van der Waals surface area contributed by atoms with Crippen molar-refractivity contribution in [2.45, 2.75) is 52.7 Å². The van der Waals surface area contributed by atoms with Crippen molar-refractivity contribution in [3.8, 4) is 17.4 Å². The van der Waals surface area contributed by atoms with Crippen LogP contribution in [-0.2, 0) is 16.3 Å². The maximum absolute atomic E-state index is 12.4. The summed E-state index contributed by atoms with van der Waals surface area (Å²) < 4.78 is 12.4. The molecule has 2 aliphatic rings. The molecule has 1 saturated carbocycles. The van der Waals surface area contributed by atoms with Gasteiger partial charge in [0.1, 0.15) is 0 Å². The van der Waals surface area contributed by atoms with Crippen molar-refractivity contribution in [3.63, 3.8) is 0 Å². The van der Waals surface area contributed by atoms with Crippen LogP contribution in [0.4, 0.5) is 5.69 Å². The molecule has 0 spiro atoms. The second kappa shape index (κ2) is 10.9. The summed E-state index contributed by atoms with van der Waals surface area (Å²) in [5, 5.41) is 23.7. The van der Waals surface area contributed by atoms with E-state index >= 15 is 0 Å². The zero-order chi connectivity index (χ0) is 28.5. The highest BCUT2D eigenvalue weighted by Gasteiger charge is 2.49. The summed E-state index contributed by atoms with van der Waals surface area (Å²) in [4.78, 5) is 20.0. The Morgan fingerprint density at radius 3 is 2.65 bits per heavy atom. The summed E-state index contributed by atoms with van der Waals surface area (Å²) in [6.07, 6.45) is 4.97. The Labute approximate surface area is 234 Å². The van der Waals surface area contributed by atoms with Crippen LogP contribution >= 0.6 is 0 Å². The van der Waals surface area contributed by atoms with Gasteiger partial charge >= 0.3 is 5.91 Å². The third-order valence-corrected chi connectivity index (χ3v) is 7.90. The first kappa shape index (κ1) is 27.6. The Balaban J connectivity index is 1.27. The number of hydrogen-bond acceptors (Lipinski definition) is 8. The van der Waals surface area contributed by atoms with Crippen LogP contribution in [0.3, 0.4) is 0 Å². The molecule has 40 heavy (non-hydrogen) atoms. The highest BCUT2D eigenvalue weighted by Crippen LogP contribution is 2.53. The minimum atomic E-state index is -0.621. The van der Waals surface area contributed by atoms with Gasteiger partial charge in [-0.3, -0.25) is 14.3 Å². The fraction of sp³-hybridized carbons (Fsp3) is 0.467. The standard InChI is InChI=1S/C30H37N5O5/c1-29(2)13-21-14-30(3,17-29)18-34(21)19-35-23-9-7-6-8-22(23)27(28(35)37)33-32-26(36)16-40-31-15-20-10-11-24(38-4)25(12-20)39-5/h6-12,15,21,37H,13-14,16-19H2,1-5H3/b31-15-,33-32?/t21-,30-/m1/s1. The van der Waals surface area contributed by atoms with Crippen molar-refractivity contribution in [2.24, 2.45) is 26.2 Å². The summed E-state index contributed by atoms with van der Waals surface area (Å²) in [6, 6.07) is 13.4. The molecule has 2 bridgehead atoms. The molecule has 3 aromatic rings. The number of fused-ring (bicyclic) bond motifs is 3. The first-order valence-electron chi connectivity index (χ1n) is 13.5. The summed E-state index contributed by atoms with van der Waals surface area (Å²) >= 11 is 0. The highest BCUT2D eigenvalue weighted by atomic mass is 16.6. The number of aromatic nitrogens is 1. The number of hydrogen-bond donors (Lipinski definition) is 1. The van der Waals surface area contributed by atoms with E-state index in [0.29, 0.717) is 35.2 Å². The highest BCUT2D eigenvalue weighted by molar-refractivity contribution is 5.95. The maximum Gasteiger partial charge on any atom is 0.304 e. The van der Waals surface area contributed by atoms with Crippen molar-refractivity contribution in [1.29, 1.82) is 0 Å². The molecule has 1 saturated heterocycles. The van der Waals surface area contributed by atoms with E-state index in [-0.39, 0.29) is 17.0 Å². The average Bonchev–Trinajstić information content (AvgIpc) is 3.32. The van der Waals surface area contributed by atoms with E-state index in [0.717, 1.165) is 23.9 Å². The zero-order valence-electron chi connectivity index (χ0n) is 23.8. The summed E-state index contributed by atoms with van der Waals surface area (Å²) in [6.45, 7) is 8.23. The van der Waals surface area contributed by atoms with E-state index in [1.165, 1.54) is 19.1 Å². The number of likely N-dealkylation sites (tertiary alicyclic amines) is 1. The third-order valence-electron chi connectivity index (χ3n) is 7.90. The first-order valence-corrected chi connectivity index (χ1v) is 13.5. The van der Waals surface area contributed by atoms with Gasteiger partial charge in [-0.15, -0.1) is 10.2 Å². The van der Waals surface area contributed by atoms with Gasteiger partial charge in [-0.2, -0.15) is 0 Å². The van der Waals surface area contributed by atoms with Gasteiger partial charge in [-0.05, 0) is 54.4 Å². The number of azo groups is 1. The van der Waals surface area contributed by atoms with Gasteiger partial charge in [0.05, 0.1) is 32.6 Å². The van der Waals surface area contributed by atoms with Crippen LogP contribution in [0.1, 0.15) is 45.6 Å². The molecule has 212 valence electrons. The van der Waals surface area contributed by atoms with Gasteiger partial charge < -0.3 is 19.4 Å². The Bertz CT molecular complexity index is 1460. The molecule has 10 nitrogen and oxygen atoms in total. The van der Waals surface area contributed by atoms with Crippen LogP contribution in [0.25, 0.3) is 10.9 Å². The van der Waals surface area contributed by atoms with E-state index in [1.54, 1.807) is 32.4 Å². The number of methoxy groups -OCH3 is 2. The van der Waals surface area contributed by atoms with Gasteiger partial charge in [0, 0.05) is 23.5 Å². The van der Waals surface area contributed by atoms with E-state index in [2.05, 4.69) is 41.1 Å². The Morgan fingerprint density at radius 1 is 1.10 bits per heavy atom. The normalized spacial score (nSPS) is 22.4. The first-order chi connectivity index (χ1) is 19.1. The fourth-order valence-electron chi connectivity index (χ4n) is 6.70. The van der Waals surface area contributed by atoms with Crippen molar-refractivity contribution in [1.82, 2.24) is 9.47 Å². The predicted octanol–water partition coefficient (Wildman–Crippen LogP) is 5.88. The minimum absolute atomic E-state index is 0.00370. The Hall–Kier alpha value is -3.92. The molecule has 1 N–H and O–H groups in total. The lowest BCUT2D eigenvalue weighted by Crippen LogP contribution is -2.35. The number of para-hydroxylation sites is 1. The number of nitrogens with zero attached hydrogens (tertiary/aromatic N) is 5. The van der Waals surface area contributed by atoms with Crippen molar-refractivity contribution >= 4 is 28.7 Å². The Morgan fingerprint density at radius 2 is 1.88 bits per heavy atom. The lowest BCUT2D eigenvalue weighted by molar-refractivity contribution is -0.122. The van der Waals surface area contributed by atoms with Gasteiger partial charge in [0.15, 0.2) is 23.8 Å². The zero-order valence-corrected chi connectivity index (χ0v) is 23.8. The van der Waals surface area contributed by atoms with E-state index < -0.39 is 12.5 Å². The number of aromatic hydroxyl groups is 1. The summed E-state index contributed by atoms with van der Waals surface area (Å²) in [7, 11) is 3.11. The smallest absolute Gasteiger partial charge is 0.304 e. The second-order valence-electron chi connectivity index (χ2n) is 11.9. The molecule has 1 aliphatic carbocycles. The van der Waals surface area contributed by atoms with Crippen LogP contribution in [0.2, 0.25) is 0 Å². The van der Waals surface area contributed by atoms with Crippen molar-refractivity contribution < 1.29 is 24.2 Å². The topological polar surface area (TPSA) is 110 Å². The molecular formula is C30H37N5O5. The predicted molar refractivity (Wildman–Crippen MR) is 152 cm³/mol. The molecule has 0 unspecified atom stereocenters. The molecule has 2 fully saturated rings. The number of rotatable bonds is 9. The number of benzene rings is 2. The van der Waals surface area contributed by atoms with Crippen LogP contribution in [0.15, 0.2) is 57.8 Å². The summed E-state index contributed by atoms with van der Waals surface area (Å²) in [5.41, 5.74) is 2.42.